The molecule has 0 rings (SSSR count). The van der Waals surface area contributed by atoms with Crippen molar-refractivity contribution >= 4 is 23.7 Å². The van der Waals surface area contributed by atoms with Crippen molar-refractivity contribution in [2.45, 2.75) is 38.6 Å². The number of ether oxygens (including phenoxy) is 2. The molecule has 0 fully saturated rings. The molecule has 19 heavy (non-hydrogen) atoms. The number of rotatable bonds is 6. The van der Waals surface area contributed by atoms with Gasteiger partial charge in [0.05, 0.1) is 0 Å². The fourth-order valence-corrected chi connectivity index (χ4v) is 1.93. The summed E-state index contributed by atoms with van der Waals surface area (Å²) in [6.07, 6.45) is 2.38. The molecule has 0 heterocycles. The van der Waals surface area contributed by atoms with E-state index in [0.717, 1.165) is 0 Å². The van der Waals surface area contributed by atoms with Crippen molar-refractivity contribution in [2.75, 3.05) is 0 Å². The van der Waals surface area contributed by atoms with Gasteiger partial charge in [-0.25, -0.2) is 9.59 Å². The molecular weight excluding hydrogens is 268 g/mol. The largest absolute Gasteiger partial charge is 0.448 e. The van der Waals surface area contributed by atoms with Gasteiger partial charge in [0.1, 0.15) is 10.9 Å². The number of nitrogens with two attached hydrogens (primary N) is 2. The highest BCUT2D eigenvalue weighted by Gasteiger charge is 2.15. The zero-order valence-corrected chi connectivity index (χ0v) is 12.3. The molecule has 0 aliphatic heterocycles. The molecule has 0 aromatic carbocycles. The summed E-state index contributed by atoms with van der Waals surface area (Å²) >= 11 is 1.18. The fourth-order valence-electron chi connectivity index (χ4n) is 1.09. The smallest absolute Gasteiger partial charge is 0.333 e. The predicted octanol–water partition coefficient (Wildman–Crippen LogP) is 1.22. The Labute approximate surface area is 117 Å². The zero-order chi connectivity index (χ0) is 15.0. The van der Waals surface area contributed by atoms with E-state index in [2.05, 4.69) is 0 Å². The Bertz CT molecular complexity index is 349. The van der Waals surface area contributed by atoms with E-state index in [1.54, 1.807) is 27.7 Å². The number of allylic oxidation sites excluding steroid dienone is 2. The number of esters is 2. The maximum absolute atomic E-state index is 11.3. The molecule has 0 aliphatic rings. The normalized spacial score (nSPS) is 15.6. The minimum Gasteiger partial charge on any atom is -0.448 e. The van der Waals surface area contributed by atoms with Crippen molar-refractivity contribution < 1.29 is 19.1 Å². The van der Waals surface area contributed by atoms with Crippen LogP contribution in [0.1, 0.15) is 27.7 Å². The van der Waals surface area contributed by atoms with E-state index in [4.69, 9.17) is 20.9 Å². The molecule has 0 aromatic rings. The standard InChI is InChI=1S/C12H20N2O4S/c1-7(13)5-11(15)17-9(3)19-10(4)18-12(16)6-8(2)14/h5-6,9-10H,13-14H2,1-4H3/b7-5-,8-6-. The zero-order valence-electron chi connectivity index (χ0n) is 11.5. The molecule has 2 atom stereocenters. The van der Waals surface area contributed by atoms with E-state index in [9.17, 15) is 9.59 Å². The quantitative estimate of drug-likeness (QED) is 0.430. The van der Waals surface area contributed by atoms with Crippen molar-refractivity contribution in [1.29, 1.82) is 0 Å². The van der Waals surface area contributed by atoms with Gasteiger partial charge in [-0.3, -0.25) is 0 Å². The van der Waals surface area contributed by atoms with Crippen LogP contribution in [0, 0.1) is 0 Å². The lowest BCUT2D eigenvalue weighted by atomic mass is 10.4. The Morgan fingerprint density at radius 1 is 0.947 bits per heavy atom. The van der Waals surface area contributed by atoms with Crippen LogP contribution in [-0.2, 0) is 19.1 Å². The summed E-state index contributed by atoms with van der Waals surface area (Å²) < 4.78 is 10.1. The lowest BCUT2D eigenvalue weighted by molar-refractivity contribution is -0.138. The number of carbonyl (C=O) groups excluding carboxylic acids is 2. The van der Waals surface area contributed by atoms with Gasteiger partial charge in [0.25, 0.3) is 0 Å². The number of carbonyl (C=O) groups is 2. The molecule has 0 saturated carbocycles. The Kier molecular flexibility index (Phi) is 7.74. The first-order chi connectivity index (χ1) is 8.70. The third-order valence-corrected chi connectivity index (χ3v) is 2.60. The summed E-state index contributed by atoms with van der Waals surface area (Å²) in [5, 5.41) is 0. The van der Waals surface area contributed by atoms with Gasteiger partial charge in [-0.15, -0.1) is 0 Å². The van der Waals surface area contributed by atoms with Gasteiger partial charge in [0.15, 0.2) is 0 Å². The lowest BCUT2D eigenvalue weighted by Gasteiger charge is -2.16. The third kappa shape index (κ3) is 10.0. The second-order valence-corrected chi connectivity index (χ2v) is 5.52. The van der Waals surface area contributed by atoms with E-state index in [0.29, 0.717) is 11.4 Å². The van der Waals surface area contributed by atoms with Crippen molar-refractivity contribution in [3.05, 3.63) is 23.5 Å². The van der Waals surface area contributed by atoms with Gasteiger partial charge in [-0.2, -0.15) is 0 Å². The van der Waals surface area contributed by atoms with Crippen molar-refractivity contribution in [3.8, 4) is 0 Å². The number of thioether (sulfide) groups is 1. The van der Waals surface area contributed by atoms with Crippen LogP contribution in [0.3, 0.4) is 0 Å². The summed E-state index contributed by atoms with van der Waals surface area (Å²) in [4.78, 5) is 22.6. The summed E-state index contributed by atoms with van der Waals surface area (Å²) in [6.45, 7) is 6.53. The third-order valence-electron chi connectivity index (χ3n) is 1.64. The first-order valence-corrected chi connectivity index (χ1v) is 6.59. The van der Waals surface area contributed by atoms with Crippen LogP contribution < -0.4 is 11.5 Å². The van der Waals surface area contributed by atoms with Gasteiger partial charge in [0.2, 0.25) is 0 Å². The average Bonchev–Trinajstić information content (AvgIpc) is 2.12. The topological polar surface area (TPSA) is 105 Å². The Morgan fingerprint density at radius 3 is 1.53 bits per heavy atom. The molecule has 6 nitrogen and oxygen atoms in total. The van der Waals surface area contributed by atoms with E-state index in [-0.39, 0.29) is 0 Å². The molecule has 0 radical (unpaired) electrons. The maximum Gasteiger partial charge on any atom is 0.333 e. The minimum absolute atomic E-state index is 0.366. The van der Waals surface area contributed by atoms with Crippen LogP contribution in [0.15, 0.2) is 23.5 Å². The molecule has 0 amide bonds. The van der Waals surface area contributed by atoms with Crippen LogP contribution in [0.4, 0.5) is 0 Å². The second-order valence-electron chi connectivity index (χ2n) is 3.92. The van der Waals surface area contributed by atoms with Gasteiger partial charge >= 0.3 is 11.9 Å². The Balaban J connectivity index is 4.16. The highest BCUT2D eigenvalue weighted by Crippen LogP contribution is 2.20. The summed E-state index contributed by atoms with van der Waals surface area (Å²) in [5.74, 6) is -1.06. The molecule has 0 spiro atoms. The highest BCUT2D eigenvalue weighted by atomic mass is 32.2. The first kappa shape index (κ1) is 17.4. The minimum atomic E-state index is -0.531. The molecule has 108 valence electrons. The fraction of sp³-hybridized carbons (Fsp3) is 0.500. The van der Waals surface area contributed by atoms with E-state index < -0.39 is 22.8 Å². The molecule has 0 aliphatic carbocycles. The van der Waals surface area contributed by atoms with Gasteiger partial charge < -0.3 is 20.9 Å². The lowest BCUT2D eigenvalue weighted by Crippen LogP contribution is -2.17. The van der Waals surface area contributed by atoms with Crippen LogP contribution in [0.25, 0.3) is 0 Å². The second kappa shape index (κ2) is 8.47. The molecule has 7 heteroatoms. The molecular formula is C12H20N2O4S. The molecule has 0 aromatic heterocycles. The Morgan fingerprint density at radius 2 is 1.26 bits per heavy atom. The predicted molar refractivity (Wildman–Crippen MR) is 74.6 cm³/mol. The van der Waals surface area contributed by atoms with Crippen LogP contribution in [0.2, 0.25) is 0 Å². The van der Waals surface area contributed by atoms with E-state index >= 15 is 0 Å². The van der Waals surface area contributed by atoms with Gasteiger partial charge in [-0.05, 0) is 27.7 Å². The van der Waals surface area contributed by atoms with Gasteiger partial charge in [0, 0.05) is 23.5 Å². The Hall–Kier alpha value is -1.63. The molecule has 4 N–H and O–H groups in total. The van der Waals surface area contributed by atoms with E-state index in [1.807, 2.05) is 0 Å². The number of hydrogen-bond acceptors (Lipinski definition) is 7. The van der Waals surface area contributed by atoms with E-state index in [1.165, 1.54) is 23.9 Å². The monoisotopic (exact) mass is 288 g/mol. The van der Waals surface area contributed by atoms with Crippen molar-refractivity contribution in [3.63, 3.8) is 0 Å². The maximum atomic E-state index is 11.3. The molecule has 0 saturated heterocycles. The van der Waals surface area contributed by atoms with Crippen molar-refractivity contribution in [2.24, 2.45) is 11.5 Å². The summed E-state index contributed by atoms with van der Waals surface area (Å²) in [6, 6.07) is 0. The van der Waals surface area contributed by atoms with Crippen molar-refractivity contribution in [1.82, 2.24) is 0 Å². The van der Waals surface area contributed by atoms with Crippen LogP contribution >= 0.6 is 11.8 Å². The van der Waals surface area contributed by atoms with Crippen LogP contribution in [0.5, 0.6) is 0 Å². The summed E-state index contributed by atoms with van der Waals surface area (Å²) in [7, 11) is 0. The average molecular weight is 288 g/mol. The molecule has 2 unspecified atom stereocenters. The van der Waals surface area contributed by atoms with Crippen LogP contribution in [-0.4, -0.2) is 22.8 Å². The number of hydrogen-bond donors (Lipinski definition) is 2. The SMILES string of the molecule is C/C(N)=C/C(=O)OC(C)SC(C)OC(=O)/C=C(/C)N. The summed E-state index contributed by atoms with van der Waals surface area (Å²) in [5.41, 5.74) is 10.5. The highest BCUT2D eigenvalue weighted by molar-refractivity contribution is 8.00. The molecule has 0 bridgehead atoms. The first-order valence-electron chi connectivity index (χ1n) is 5.65. The van der Waals surface area contributed by atoms with Gasteiger partial charge in [-0.1, -0.05) is 11.8 Å².